The van der Waals surface area contributed by atoms with Crippen LogP contribution in [0, 0.1) is 0 Å². The van der Waals surface area contributed by atoms with Crippen LogP contribution in [0.5, 0.6) is 0 Å². The van der Waals surface area contributed by atoms with E-state index in [1.54, 1.807) is 0 Å². The molecule has 0 aliphatic heterocycles. The van der Waals surface area contributed by atoms with Crippen molar-refractivity contribution >= 4 is 0 Å². The Bertz CT molecular complexity index is 311. The van der Waals surface area contributed by atoms with Crippen LogP contribution >= 0.6 is 0 Å². The van der Waals surface area contributed by atoms with E-state index < -0.39 is 0 Å². The molecule has 0 atom stereocenters. The highest BCUT2D eigenvalue weighted by molar-refractivity contribution is 4.73. The molecule has 0 spiro atoms. The van der Waals surface area contributed by atoms with Crippen molar-refractivity contribution in [1.82, 2.24) is 9.55 Å². The van der Waals surface area contributed by atoms with Gasteiger partial charge in [0.05, 0.1) is 6.33 Å². The smallest absolute Gasteiger partial charge is 0.0945 e. The second-order valence-electron chi connectivity index (χ2n) is 6.75. The first kappa shape index (κ1) is 22.1. The predicted molar refractivity (Wildman–Crippen MR) is 99.7 cm³/mol. The summed E-state index contributed by atoms with van der Waals surface area (Å²) in [6, 6.07) is 0. The van der Waals surface area contributed by atoms with Crippen molar-refractivity contribution in [1.29, 1.82) is 0 Å². The lowest BCUT2D eigenvalue weighted by Crippen LogP contribution is -1.93. The van der Waals surface area contributed by atoms with Crippen molar-refractivity contribution in [3.63, 3.8) is 0 Å². The monoisotopic (exact) mass is 326 g/mol. The molecule has 0 saturated heterocycles. The first-order chi connectivity index (χ1) is 10.9. The molecule has 0 unspecified atom stereocenters. The number of hydrogen-bond acceptors (Lipinski definition) is 1. The van der Waals surface area contributed by atoms with E-state index in [-0.39, 0.29) is 4.70 Å². The summed E-state index contributed by atoms with van der Waals surface area (Å²) in [4.78, 5) is 4.07. The van der Waals surface area contributed by atoms with Crippen molar-refractivity contribution in [2.24, 2.45) is 0 Å². The summed E-state index contributed by atoms with van der Waals surface area (Å²) in [5, 5.41) is 0. The Balaban J connectivity index is 0.00000484. The van der Waals surface area contributed by atoms with E-state index in [1.807, 2.05) is 12.5 Å². The second-order valence-corrected chi connectivity index (χ2v) is 6.75. The Kier molecular flexibility index (Phi) is 16.8. The number of imidazole rings is 1. The number of rotatable bonds is 16. The van der Waals surface area contributed by atoms with Crippen LogP contribution in [0.1, 0.15) is 103 Å². The summed E-state index contributed by atoms with van der Waals surface area (Å²) in [6.07, 6.45) is 27.3. The van der Waals surface area contributed by atoms with Gasteiger partial charge in [0.15, 0.2) is 0 Å². The summed E-state index contributed by atoms with van der Waals surface area (Å²) in [5.41, 5.74) is 0. The lowest BCUT2D eigenvalue weighted by atomic mass is 10.0. The van der Waals surface area contributed by atoms with Gasteiger partial charge in [0.1, 0.15) is 0 Å². The zero-order chi connectivity index (χ0) is 15.7. The minimum Gasteiger partial charge on any atom is -0.337 e. The van der Waals surface area contributed by atoms with Gasteiger partial charge in [-0.3, -0.25) is 4.70 Å². The minimum atomic E-state index is 0. The van der Waals surface area contributed by atoms with Gasteiger partial charge >= 0.3 is 0 Å². The predicted octanol–water partition coefficient (Wildman–Crippen LogP) is 6.91. The molecule has 0 bridgehead atoms. The van der Waals surface area contributed by atoms with Gasteiger partial charge in [-0.25, -0.2) is 4.98 Å². The van der Waals surface area contributed by atoms with Crippen LogP contribution in [-0.2, 0) is 6.54 Å². The summed E-state index contributed by atoms with van der Waals surface area (Å²) >= 11 is 0. The highest BCUT2D eigenvalue weighted by Crippen LogP contribution is 2.13. The van der Waals surface area contributed by atoms with Crippen LogP contribution in [0.2, 0.25) is 0 Å². The van der Waals surface area contributed by atoms with Gasteiger partial charge in [0, 0.05) is 18.9 Å². The number of unbranched alkanes of at least 4 members (excludes halogenated alkanes) is 14. The third kappa shape index (κ3) is 14.5. The average molecular weight is 327 g/mol. The van der Waals surface area contributed by atoms with E-state index in [0.29, 0.717) is 0 Å². The average Bonchev–Trinajstić information content (AvgIpc) is 3.04. The van der Waals surface area contributed by atoms with E-state index in [1.165, 1.54) is 96.3 Å². The molecule has 1 aromatic heterocycles. The fourth-order valence-corrected chi connectivity index (χ4v) is 3.08. The molecule has 1 aromatic rings. The molecule has 23 heavy (non-hydrogen) atoms. The summed E-state index contributed by atoms with van der Waals surface area (Å²) in [6.45, 7) is 3.43. The molecule has 1 rings (SSSR count). The van der Waals surface area contributed by atoms with Crippen molar-refractivity contribution in [3.05, 3.63) is 18.7 Å². The van der Waals surface area contributed by atoms with Crippen LogP contribution in [0.15, 0.2) is 18.7 Å². The van der Waals surface area contributed by atoms with Gasteiger partial charge in [-0.05, 0) is 6.42 Å². The Morgan fingerprint density at radius 3 is 1.48 bits per heavy atom. The van der Waals surface area contributed by atoms with Crippen molar-refractivity contribution in [2.45, 2.75) is 110 Å². The highest BCUT2D eigenvalue weighted by atomic mass is 19.0. The van der Waals surface area contributed by atoms with Crippen LogP contribution in [0.3, 0.4) is 0 Å². The first-order valence-electron chi connectivity index (χ1n) is 9.89. The number of aromatic nitrogens is 2. The molecule has 2 nitrogen and oxygen atoms in total. The maximum absolute atomic E-state index is 4.07. The van der Waals surface area contributed by atoms with Crippen LogP contribution in [0.25, 0.3) is 0 Å². The Morgan fingerprint density at radius 2 is 1.09 bits per heavy atom. The van der Waals surface area contributed by atoms with E-state index in [2.05, 4.69) is 22.7 Å². The van der Waals surface area contributed by atoms with Gasteiger partial charge in [-0.1, -0.05) is 96.8 Å². The zero-order valence-corrected chi connectivity index (χ0v) is 15.3. The second kappa shape index (κ2) is 17.5. The molecule has 0 aromatic carbocycles. The van der Waals surface area contributed by atoms with Gasteiger partial charge in [-0.15, -0.1) is 0 Å². The quantitative estimate of drug-likeness (QED) is 0.302. The molecular weight excluding hydrogens is 287 g/mol. The Hall–Kier alpha value is -0.860. The van der Waals surface area contributed by atoms with Crippen LogP contribution < -0.4 is 0 Å². The third-order valence-electron chi connectivity index (χ3n) is 4.58. The maximum Gasteiger partial charge on any atom is 0.0945 e. The molecule has 3 heteroatoms. The fourth-order valence-electron chi connectivity index (χ4n) is 3.08. The number of aryl methyl sites for hydroxylation is 1. The van der Waals surface area contributed by atoms with E-state index in [9.17, 15) is 0 Å². The topological polar surface area (TPSA) is 17.8 Å². The lowest BCUT2D eigenvalue weighted by Gasteiger charge is -2.04. The van der Waals surface area contributed by atoms with E-state index in [0.717, 1.165) is 6.54 Å². The van der Waals surface area contributed by atoms with Gasteiger partial charge < -0.3 is 4.57 Å². The number of nitrogens with zero attached hydrogens (tertiary/aromatic N) is 2. The van der Waals surface area contributed by atoms with Crippen LogP contribution in [0.4, 0.5) is 4.70 Å². The summed E-state index contributed by atoms with van der Waals surface area (Å²) in [7, 11) is 0. The van der Waals surface area contributed by atoms with Gasteiger partial charge in [0.2, 0.25) is 0 Å². The SMILES string of the molecule is CCCCCCCCCCCCCCCCCn1ccnc1.F. The van der Waals surface area contributed by atoms with Crippen molar-refractivity contribution in [3.8, 4) is 0 Å². The summed E-state index contributed by atoms with van der Waals surface area (Å²) < 4.78 is 2.18. The van der Waals surface area contributed by atoms with Gasteiger partial charge in [-0.2, -0.15) is 0 Å². The molecule has 0 amide bonds. The molecule has 1 heterocycles. The standard InChI is InChI=1S/C20H38N2.FH/c1-2-3-4-5-6-7-8-9-10-11-12-13-14-15-16-18-22-19-17-21-20-22;/h17,19-20H,2-16,18H2,1H3;1H. The van der Waals surface area contributed by atoms with Crippen LogP contribution in [-0.4, -0.2) is 9.55 Å². The van der Waals surface area contributed by atoms with E-state index in [4.69, 9.17) is 0 Å². The van der Waals surface area contributed by atoms with Crippen molar-refractivity contribution < 1.29 is 4.70 Å². The maximum atomic E-state index is 4.07. The third-order valence-corrected chi connectivity index (χ3v) is 4.58. The molecule has 0 N–H and O–H groups in total. The molecule has 0 fully saturated rings. The molecule has 0 radical (unpaired) electrons. The van der Waals surface area contributed by atoms with Crippen molar-refractivity contribution in [2.75, 3.05) is 0 Å². The summed E-state index contributed by atoms with van der Waals surface area (Å²) in [5.74, 6) is 0. The molecule has 136 valence electrons. The zero-order valence-electron chi connectivity index (χ0n) is 15.3. The lowest BCUT2D eigenvalue weighted by molar-refractivity contribution is 0.522. The minimum absolute atomic E-state index is 0. The first-order valence-corrected chi connectivity index (χ1v) is 9.89. The molecule has 0 aliphatic carbocycles. The Labute approximate surface area is 143 Å². The highest BCUT2D eigenvalue weighted by Gasteiger charge is 1.95. The normalized spacial score (nSPS) is 10.7. The molecule has 0 saturated carbocycles. The number of halogens is 1. The molecule has 0 aliphatic rings. The molecular formula is C20H39FN2. The fraction of sp³-hybridized carbons (Fsp3) is 0.850. The van der Waals surface area contributed by atoms with E-state index >= 15 is 0 Å². The van der Waals surface area contributed by atoms with Gasteiger partial charge in [0.25, 0.3) is 0 Å². The largest absolute Gasteiger partial charge is 0.337 e. The number of hydrogen-bond donors (Lipinski definition) is 0. The Morgan fingerprint density at radius 1 is 0.652 bits per heavy atom.